The van der Waals surface area contributed by atoms with Gasteiger partial charge in [-0.1, -0.05) is 91.0 Å². The molecule has 1 fully saturated rings. The second-order valence-corrected chi connectivity index (χ2v) is 9.50. The van der Waals surface area contributed by atoms with E-state index in [1.165, 1.54) is 16.7 Å². The van der Waals surface area contributed by atoms with Crippen LogP contribution in [0.4, 0.5) is 0 Å². The minimum absolute atomic E-state index is 0.122. The molecule has 1 saturated heterocycles. The van der Waals surface area contributed by atoms with E-state index in [2.05, 4.69) is 110 Å². The summed E-state index contributed by atoms with van der Waals surface area (Å²) in [4.78, 5) is 0. The van der Waals surface area contributed by atoms with Gasteiger partial charge in [0.05, 0.1) is 10.4 Å². The van der Waals surface area contributed by atoms with Gasteiger partial charge in [-0.3, -0.25) is 5.09 Å². The number of benzene rings is 3. The number of nitrogens with one attached hydrogen (secondary N) is 1. The van der Waals surface area contributed by atoms with Crippen molar-refractivity contribution in [2.75, 3.05) is 0 Å². The van der Waals surface area contributed by atoms with Crippen molar-refractivity contribution in [1.29, 1.82) is 0 Å². The molecule has 1 heterocycles. The molecule has 1 N–H and O–H groups in total. The summed E-state index contributed by atoms with van der Waals surface area (Å²) in [6.45, 7) is 4.64. The van der Waals surface area contributed by atoms with E-state index in [-0.39, 0.29) is 10.4 Å². The molecule has 2 heteroatoms. The highest BCUT2D eigenvalue weighted by molar-refractivity contribution is 7.66. The molecule has 24 heavy (non-hydrogen) atoms. The van der Waals surface area contributed by atoms with Crippen LogP contribution in [0.1, 0.15) is 30.5 Å². The first-order valence-corrected chi connectivity index (χ1v) is 9.74. The molecule has 0 amide bonds. The summed E-state index contributed by atoms with van der Waals surface area (Å²) in [7, 11) is -0.420. The van der Waals surface area contributed by atoms with Crippen LogP contribution in [-0.2, 0) is 5.16 Å². The van der Waals surface area contributed by atoms with Gasteiger partial charge in [0.15, 0.2) is 0 Å². The molecule has 1 nitrogen and oxygen atoms in total. The first kappa shape index (κ1) is 15.6. The predicted octanol–water partition coefficient (Wildman–Crippen LogP) is 5.71. The zero-order chi connectivity index (χ0) is 16.6. The average Bonchev–Trinajstić information content (AvgIpc) is 3.27. The van der Waals surface area contributed by atoms with Crippen molar-refractivity contribution in [3.8, 4) is 0 Å². The molecule has 0 aliphatic carbocycles. The lowest BCUT2D eigenvalue weighted by atomic mass is 9.84. The summed E-state index contributed by atoms with van der Waals surface area (Å²) < 4.78 is 0. The highest BCUT2D eigenvalue weighted by atomic mass is 31.1. The topological polar surface area (TPSA) is 21.9 Å². The van der Waals surface area contributed by atoms with Gasteiger partial charge in [0, 0.05) is 8.07 Å². The Hall–Kier alpha value is -1.95. The molecule has 0 spiro atoms. The highest BCUT2D eigenvalue weighted by Gasteiger charge is 2.60. The Kier molecular flexibility index (Phi) is 3.79. The Bertz CT molecular complexity index is 716. The van der Waals surface area contributed by atoms with E-state index < -0.39 is 8.07 Å². The minimum atomic E-state index is -0.420. The second kappa shape index (κ2) is 5.84. The highest BCUT2D eigenvalue weighted by Crippen LogP contribution is 2.76. The van der Waals surface area contributed by atoms with Crippen LogP contribution in [-0.4, -0.2) is 5.28 Å². The van der Waals surface area contributed by atoms with Crippen LogP contribution in [0.25, 0.3) is 0 Å². The number of hydrogen-bond donors (Lipinski definition) is 1. The third kappa shape index (κ3) is 2.40. The Morgan fingerprint density at radius 3 is 1.17 bits per heavy atom. The predicted molar refractivity (Wildman–Crippen MR) is 103 cm³/mol. The van der Waals surface area contributed by atoms with Crippen LogP contribution in [0, 0.1) is 0 Å². The monoisotopic (exact) mass is 331 g/mol. The smallest absolute Gasteiger partial charge is 0.0799 e. The van der Waals surface area contributed by atoms with E-state index in [4.69, 9.17) is 0 Å². The molecule has 0 radical (unpaired) electrons. The van der Waals surface area contributed by atoms with Crippen LogP contribution in [0.5, 0.6) is 0 Å². The second-order valence-electron chi connectivity index (χ2n) is 6.81. The standard InChI is InChI=1S/C22H22NP/c1-21(2)23-24(21)22(18-12-6-3-7-13-18,19-14-8-4-9-15-19)20-16-10-5-11-17-20/h3-17,23H,1-2H3. The third-order valence-corrected chi connectivity index (χ3v) is 8.04. The Labute approximate surface area is 145 Å². The number of hydrogen-bond acceptors (Lipinski definition) is 1. The third-order valence-electron chi connectivity index (χ3n) is 4.80. The molecule has 0 aromatic heterocycles. The van der Waals surface area contributed by atoms with Crippen LogP contribution < -0.4 is 5.09 Å². The maximum Gasteiger partial charge on any atom is 0.0799 e. The summed E-state index contributed by atoms with van der Waals surface area (Å²) in [6, 6.07) is 32.9. The minimum Gasteiger partial charge on any atom is -0.282 e. The normalized spacial score (nSPS) is 19.0. The molecule has 3 aromatic rings. The maximum absolute atomic E-state index is 3.81. The van der Waals surface area contributed by atoms with Gasteiger partial charge in [-0.15, -0.1) is 0 Å². The fourth-order valence-corrected chi connectivity index (χ4v) is 6.55. The number of rotatable bonds is 4. The van der Waals surface area contributed by atoms with Gasteiger partial charge < -0.3 is 0 Å². The van der Waals surface area contributed by atoms with Crippen molar-refractivity contribution in [3.05, 3.63) is 108 Å². The molecule has 120 valence electrons. The van der Waals surface area contributed by atoms with Gasteiger partial charge in [-0.2, -0.15) is 0 Å². The lowest BCUT2D eigenvalue weighted by Crippen LogP contribution is -2.26. The van der Waals surface area contributed by atoms with Crippen LogP contribution in [0.2, 0.25) is 0 Å². The molecular formula is C22H22NP. The van der Waals surface area contributed by atoms with Crippen molar-refractivity contribution < 1.29 is 0 Å². The SMILES string of the molecule is CC1(C)NP1C(c1ccccc1)(c1ccccc1)c1ccccc1. The molecule has 0 bridgehead atoms. The van der Waals surface area contributed by atoms with Crippen molar-refractivity contribution in [3.63, 3.8) is 0 Å². The van der Waals surface area contributed by atoms with Gasteiger partial charge in [0.2, 0.25) is 0 Å². The van der Waals surface area contributed by atoms with Crippen molar-refractivity contribution in [2.45, 2.75) is 24.3 Å². The first-order valence-electron chi connectivity index (χ1n) is 8.40. The summed E-state index contributed by atoms with van der Waals surface area (Å²) >= 11 is 0. The fraction of sp³-hybridized carbons (Fsp3) is 0.182. The van der Waals surface area contributed by atoms with Crippen LogP contribution in [0.15, 0.2) is 91.0 Å². The Balaban J connectivity index is 2.04. The van der Waals surface area contributed by atoms with E-state index in [1.54, 1.807) is 0 Å². The van der Waals surface area contributed by atoms with E-state index in [0.717, 1.165) is 0 Å². The summed E-state index contributed by atoms with van der Waals surface area (Å²) in [6.07, 6.45) is 0. The van der Waals surface area contributed by atoms with Crippen LogP contribution in [0.3, 0.4) is 0 Å². The molecule has 1 unspecified atom stereocenters. The average molecular weight is 331 g/mol. The fourth-order valence-electron chi connectivity index (χ4n) is 3.68. The van der Waals surface area contributed by atoms with E-state index in [9.17, 15) is 0 Å². The summed E-state index contributed by atoms with van der Waals surface area (Å²) in [5, 5.41) is 3.86. The quantitative estimate of drug-likeness (QED) is 0.369. The van der Waals surface area contributed by atoms with Gasteiger partial charge in [0.1, 0.15) is 0 Å². The van der Waals surface area contributed by atoms with Crippen LogP contribution >= 0.6 is 8.07 Å². The Morgan fingerprint density at radius 1 is 0.625 bits per heavy atom. The largest absolute Gasteiger partial charge is 0.282 e. The first-order chi connectivity index (χ1) is 11.7. The molecular weight excluding hydrogens is 309 g/mol. The van der Waals surface area contributed by atoms with Crippen molar-refractivity contribution >= 4 is 8.07 Å². The lowest BCUT2D eigenvalue weighted by molar-refractivity contribution is 0.801. The van der Waals surface area contributed by atoms with Gasteiger partial charge in [-0.05, 0) is 30.5 Å². The molecule has 0 saturated carbocycles. The summed E-state index contributed by atoms with van der Waals surface area (Å²) in [5.74, 6) is 0. The van der Waals surface area contributed by atoms with Crippen molar-refractivity contribution in [1.82, 2.24) is 5.09 Å². The van der Waals surface area contributed by atoms with Gasteiger partial charge in [0.25, 0.3) is 0 Å². The Morgan fingerprint density at radius 2 is 0.917 bits per heavy atom. The van der Waals surface area contributed by atoms with E-state index >= 15 is 0 Å². The maximum atomic E-state index is 3.81. The van der Waals surface area contributed by atoms with Crippen molar-refractivity contribution in [2.24, 2.45) is 0 Å². The molecule has 1 aliphatic heterocycles. The van der Waals surface area contributed by atoms with Gasteiger partial charge >= 0.3 is 0 Å². The molecule has 3 aromatic carbocycles. The van der Waals surface area contributed by atoms with Gasteiger partial charge in [-0.25, -0.2) is 0 Å². The zero-order valence-corrected chi connectivity index (χ0v) is 15.0. The summed E-state index contributed by atoms with van der Waals surface area (Å²) in [5.41, 5.74) is 4.10. The van der Waals surface area contributed by atoms with E-state index in [1.807, 2.05) is 0 Å². The molecule has 1 aliphatic rings. The van der Waals surface area contributed by atoms with E-state index in [0.29, 0.717) is 0 Å². The molecule has 1 atom stereocenters. The molecule has 4 rings (SSSR count). The lowest BCUT2D eigenvalue weighted by Gasteiger charge is -2.36. The zero-order valence-electron chi connectivity index (χ0n) is 14.1.